The Kier molecular flexibility index (Phi) is 7.63. The minimum atomic E-state index is 0.0314. The summed E-state index contributed by atoms with van der Waals surface area (Å²) in [6.07, 6.45) is 2.93. The number of nitrogens with zero attached hydrogens (tertiary/aromatic N) is 1. The lowest BCUT2D eigenvalue weighted by Gasteiger charge is -2.09. The van der Waals surface area contributed by atoms with Crippen LogP contribution in [0.4, 0.5) is 0 Å². The van der Waals surface area contributed by atoms with Gasteiger partial charge in [-0.15, -0.1) is 0 Å². The molecule has 0 fully saturated rings. The predicted octanol–water partition coefficient (Wildman–Crippen LogP) is 4.10. The van der Waals surface area contributed by atoms with Crippen molar-refractivity contribution in [2.45, 2.75) is 26.3 Å². The van der Waals surface area contributed by atoms with Crippen LogP contribution in [-0.2, 0) is 17.8 Å². The molecule has 5 heteroatoms. The summed E-state index contributed by atoms with van der Waals surface area (Å²) in [6.45, 7) is 3.37. The van der Waals surface area contributed by atoms with Crippen LogP contribution in [0.15, 0.2) is 72.9 Å². The van der Waals surface area contributed by atoms with Crippen LogP contribution in [0.2, 0.25) is 0 Å². The summed E-state index contributed by atoms with van der Waals surface area (Å²) < 4.78 is 11.2. The van der Waals surface area contributed by atoms with Gasteiger partial charge in [-0.1, -0.05) is 54.1 Å². The van der Waals surface area contributed by atoms with Crippen LogP contribution in [0.5, 0.6) is 11.6 Å². The molecule has 150 valence electrons. The van der Waals surface area contributed by atoms with E-state index in [9.17, 15) is 4.79 Å². The number of ether oxygens (including phenoxy) is 2. The molecule has 1 N–H and O–H groups in total. The number of carbonyl (C=O) groups is 1. The first-order valence-electron chi connectivity index (χ1n) is 9.77. The summed E-state index contributed by atoms with van der Waals surface area (Å²) in [6, 6.07) is 21.6. The average Bonchev–Trinajstić information content (AvgIpc) is 2.76. The molecule has 0 bridgehead atoms. The number of amides is 1. The van der Waals surface area contributed by atoms with E-state index in [2.05, 4.69) is 41.5 Å². The molecular weight excluding hydrogens is 364 g/mol. The van der Waals surface area contributed by atoms with Crippen LogP contribution in [0.25, 0.3) is 0 Å². The lowest BCUT2D eigenvalue weighted by atomic mass is 10.1. The van der Waals surface area contributed by atoms with Crippen molar-refractivity contribution in [3.63, 3.8) is 0 Å². The van der Waals surface area contributed by atoms with E-state index >= 15 is 0 Å². The van der Waals surface area contributed by atoms with Gasteiger partial charge in [0.25, 0.3) is 0 Å². The number of nitrogens with one attached hydrogen (secondary N) is 1. The molecule has 0 aliphatic heterocycles. The summed E-state index contributed by atoms with van der Waals surface area (Å²) in [5.74, 6) is 1.39. The maximum Gasteiger partial charge on any atom is 0.220 e. The van der Waals surface area contributed by atoms with Crippen LogP contribution >= 0.6 is 0 Å². The van der Waals surface area contributed by atoms with Crippen molar-refractivity contribution < 1.29 is 14.3 Å². The lowest BCUT2D eigenvalue weighted by Crippen LogP contribution is -2.23. The standard InChI is InChI=1S/C24H26N2O3/c1-19-7-9-20(10-8-19)11-13-23(27)25-17-21-12-14-24(26-18-21)29-16-15-28-22-5-3-2-4-6-22/h2-10,12,14,18H,11,13,15-17H2,1H3,(H,25,27). The third-order valence-electron chi connectivity index (χ3n) is 4.39. The van der Waals surface area contributed by atoms with E-state index in [1.54, 1.807) is 12.3 Å². The highest BCUT2D eigenvalue weighted by Crippen LogP contribution is 2.10. The van der Waals surface area contributed by atoms with Crippen molar-refractivity contribution in [1.29, 1.82) is 0 Å². The fourth-order valence-electron chi connectivity index (χ4n) is 2.72. The van der Waals surface area contributed by atoms with Gasteiger partial charge in [0, 0.05) is 25.2 Å². The first kappa shape index (κ1) is 20.4. The van der Waals surface area contributed by atoms with E-state index in [4.69, 9.17) is 9.47 Å². The molecule has 3 rings (SSSR count). The molecule has 3 aromatic rings. The molecule has 0 spiro atoms. The van der Waals surface area contributed by atoms with E-state index in [1.165, 1.54) is 11.1 Å². The molecule has 5 nitrogen and oxygen atoms in total. The van der Waals surface area contributed by atoms with Gasteiger partial charge in [0.2, 0.25) is 11.8 Å². The van der Waals surface area contributed by atoms with Gasteiger partial charge >= 0.3 is 0 Å². The first-order chi connectivity index (χ1) is 14.2. The number of para-hydroxylation sites is 1. The van der Waals surface area contributed by atoms with Crippen molar-refractivity contribution in [2.24, 2.45) is 0 Å². The summed E-state index contributed by atoms with van der Waals surface area (Å²) in [5, 5.41) is 2.93. The van der Waals surface area contributed by atoms with E-state index in [0.717, 1.165) is 17.7 Å². The van der Waals surface area contributed by atoms with Gasteiger partial charge < -0.3 is 14.8 Å². The average molecular weight is 390 g/mol. The van der Waals surface area contributed by atoms with E-state index in [0.29, 0.717) is 32.1 Å². The highest BCUT2D eigenvalue weighted by atomic mass is 16.5. The van der Waals surface area contributed by atoms with E-state index in [-0.39, 0.29) is 5.91 Å². The van der Waals surface area contributed by atoms with Crippen molar-refractivity contribution in [3.8, 4) is 11.6 Å². The number of benzene rings is 2. The van der Waals surface area contributed by atoms with Gasteiger partial charge in [-0.2, -0.15) is 0 Å². The number of hydrogen-bond acceptors (Lipinski definition) is 4. The molecule has 1 heterocycles. The molecular formula is C24H26N2O3. The third kappa shape index (κ3) is 7.30. The zero-order valence-corrected chi connectivity index (χ0v) is 16.6. The first-order valence-corrected chi connectivity index (χ1v) is 9.77. The molecule has 0 aliphatic carbocycles. The molecule has 0 atom stereocenters. The number of carbonyl (C=O) groups excluding carboxylic acids is 1. The van der Waals surface area contributed by atoms with Crippen LogP contribution in [0.1, 0.15) is 23.1 Å². The Morgan fingerprint density at radius 2 is 1.62 bits per heavy atom. The maximum absolute atomic E-state index is 12.0. The minimum absolute atomic E-state index is 0.0314. The molecule has 0 aliphatic rings. The Labute approximate surface area is 171 Å². The van der Waals surface area contributed by atoms with Crippen molar-refractivity contribution in [2.75, 3.05) is 13.2 Å². The molecule has 0 unspecified atom stereocenters. The number of aryl methyl sites for hydroxylation is 2. The van der Waals surface area contributed by atoms with Gasteiger partial charge in [-0.3, -0.25) is 4.79 Å². The van der Waals surface area contributed by atoms with Crippen molar-refractivity contribution in [1.82, 2.24) is 10.3 Å². The van der Waals surface area contributed by atoms with E-state index in [1.807, 2.05) is 36.4 Å². The Balaban J connectivity index is 1.33. The Morgan fingerprint density at radius 1 is 0.897 bits per heavy atom. The second-order valence-electron chi connectivity index (χ2n) is 6.78. The summed E-state index contributed by atoms with van der Waals surface area (Å²) in [4.78, 5) is 16.3. The van der Waals surface area contributed by atoms with E-state index < -0.39 is 0 Å². The third-order valence-corrected chi connectivity index (χ3v) is 4.39. The normalized spacial score (nSPS) is 10.4. The highest BCUT2D eigenvalue weighted by Gasteiger charge is 2.04. The SMILES string of the molecule is Cc1ccc(CCC(=O)NCc2ccc(OCCOc3ccccc3)nc2)cc1. The van der Waals surface area contributed by atoms with Gasteiger partial charge in [0.05, 0.1) is 0 Å². The molecule has 29 heavy (non-hydrogen) atoms. The number of aromatic nitrogens is 1. The van der Waals surface area contributed by atoms with Gasteiger partial charge in [-0.25, -0.2) is 4.98 Å². The van der Waals surface area contributed by atoms with Crippen molar-refractivity contribution in [3.05, 3.63) is 89.6 Å². The van der Waals surface area contributed by atoms with Gasteiger partial charge in [0.15, 0.2) is 0 Å². The second-order valence-corrected chi connectivity index (χ2v) is 6.78. The molecule has 1 aromatic heterocycles. The van der Waals surface area contributed by atoms with Gasteiger partial charge in [-0.05, 0) is 36.6 Å². The fraction of sp³-hybridized carbons (Fsp3) is 0.250. The quantitative estimate of drug-likeness (QED) is 0.530. The predicted molar refractivity (Wildman–Crippen MR) is 113 cm³/mol. The summed E-state index contributed by atoms with van der Waals surface area (Å²) in [5.41, 5.74) is 3.33. The largest absolute Gasteiger partial charge is 0.490 e. The molecule has 0 saturated heterocycles. The Bertz CT molecular complexity index is 878. The van der Waals surface area contributed by atoms with Crippen molar-refractivity contribution >= 4 is 5.91 Å². The Morgan fingerprint density at radius 3 is 2.34 bits per heavy atom. The molecule has 0 radical (unpaired) electrons. The number of pyridine rings is 1. The number of rotatable bonds is 10. The summed E-state index contributed by atoms with van der Waals surface area (Å²) in [7, 11) is 0. The monoisotopic (exact) mass is 390 g/mol. The summed E-state index contributed by atoms with van der Waals surface area (Å²) >= 11 is 0. The molecule has 1 amide bonds. The zero-order valence-electron chi connectivity index (χ0n) is 16.6. The lowest BCUT2D eigenvalue weighted by molar-refractivity contribution is -0.121. The van der Waals surface area contributed by atoms with Gasteiger partial charge in [0.1, 0.15) is 19.0 Å². The maximum atomic E-state index is 12.0. The topological polar surface area (TPSA) is 60.5 Å². The number of hydrogen-bond donors (Lipinski definition) is 1. The molecule has 2 aromatic carbocycles. The fourth-order valence-corrected chi connectivity index (χ4v) is 2.72. The smallest absolute Gasteiger partial charge is 0.220 e. The Hall–Kier alpha value is -3.34. The van der Waals surface area contributed by atoms with Crippen LogP contribution in [0.3, 0.4) is 0 Å². The minimum Gasteiger partial charge on any atom is -0.490 e. The zero-order chi connectivity index (χ0) is 20.3. The van der Waals surface area contributed by atoms with Crippen LogP contribution < -0.4 is 14.8 Å². The van der Waals surface area contributed by atoms with Crippen LogP contribution in [0, 0.1) is 6.92 Å². The second kappa shape index (κ2) is 10.9. The van der Waals surface area contributed by atoms with Crippen LogP contribution in [-0.4, -0.2) is 24.1 Å². The molecule has 0 saturated carbocycles. The highest BCUT2D eigenvalue weighted by molar-refractivity contribution is 5.76.